The molecule has 1 atom stereocenters. The number of anilines is 1. The van der Waals surface area contributed by atoms with Gasteiger partial charge in [-0.05, 0) is 45.2 Å². The van der Waals surface area contributed by atoms with E-state index in [4.69, 9.17) is 9.97 Å². The summed E-state index contributed by atoms with van der Waals surface area (Å²) in [6.07, 6.45) is 3.51. The lowest BCUT2D eigenvalue weighted by molar-refractivity contribution is 0.392. The molecule has 1 aromatic carbocycles. The van der Waals surface area contributed by atoms with E-state index >= 15 is 0 Å². The Bertz CT molecular complexity index is 633. The Balaban J connectivity index is 1.83. The SMILES string of the molecule is CCc1c(C)nc(-c2ccccc2)nc1NCC1CCCNC1. The second kappa shape index (κ2) is 7.55. The molecule has 2 N–H and O–H groups in total. The zero-order valence-electron chi connectivity index (χ0n) is 14.1. The molecule has 1 fully saturated rings. The fraction of sp³-hybridized carbons (Fsp3) is 0.474. The van der Waals surface area contributed by atoms with Crippen molar-refractivity contribution in [1.82, 2.24) is 15.3 Å². The van der Waals surface area contributed by atoms with E-state index in [1.807, 2.05) is 18.2 Å². The maximum absolute atomic E-state index is 4.82. The number of hydrogen-bond donors (Lipinski definition) is 2. The first kappa shape index (κ1) is 15.9. The van der Waals surface area contributed by atoms with Crippen molar-refractivity contribution in [1.29, 1.82) is 0 Å². The van der Waals surface area contributed by atoms with Crippen LogP contribution in [0.4, 0.5) is 5.82 Å². The van der Waals surface area contributed by atoms with Crippen LogP contribution in [0.15, 0.2) is 30.3 Å². The lowest BCUT2D eigenvalue weighted by Crippen LogP contribution is -2.33. The van der Waals surface area contributed by atoms with Gasteiger partial charge in [-0.2, -0.15) is 0 Å². The highest BCUT2D eigenvalue weighted by molar-refractivity contribution is 5.59. The third-order valence-corrected chi connectivity index (χ3v) is 4.56. The highest BCUT2D eigenvalue weighted by atomic mass is 15.0. The zero-order valence-corrected chi connectivity index (χ0v) is 14.1. The molecule has 0 amide bonds. The molecule has 0 aliphatic carbocycles. The highest BCUT2D eigenvalue weighted by Crippen LogP contribution is 2.23. The van der Waals surface area contributed by atoms with Gasteiger partial charge in [-0.25, -0.2) is 9.97 Å². The van der Waals surface area contributed by atoms with E-state index in [0.717, 1.165) is 49.0 Å². The van der Waals surface area contributed by atoms with Crippen LogP contribution in [0.2, 0.25) is 0 Å². The fourth-order valence-corrected chi connectivity index (χ4v) is 3.22. The number of benzene rings is 1. The summed E-state index contributed by atoms with van der Waals surface area (Å²) < 4.78 is 0. The summed E-state index contributed by atoms with van der Waals surface area (Å²) in [7, 11) is 0. The van der Waals surface area contributed by atoms with Gasteiger partial charge in [-0.15, -0.1) is 0 Å². The molecule has 1 aromatic heterocycles. The largest absolute Gasteiger partial charge is 0.369 e. The van der Waals surface area contributed by atoms with Crippen LogP contribution in [0.5, 0.6) is 0 Å². The minimum atomic E-state index is 0.684. The molecule has 2 heterocycles. The number of nitrogens with one attached hydrogen (secondary N) is 2. The Morgan fingerprint density at radius 2 is 2.04 bits per heavy atom. The predicted octanol–water partition coefficient (Wildman–Crippen LogP) is 3.43. The topological polar surface area (TPSA) is 49.8 Å². The summed E-state index contributed by atoms with van der Waals surface area (Å²) in [5.41, 5.74) is 3.37. The van der Waals surface area contributed by atoms with Gasteiger partial charge >= 0.3 is 0 Å². The van der Waals surface area contributed by atoms with Crippen LogP contribution in [0.3, 0.4) is 0 Å². The van der Waals surface area contributed by atoms with Crippen molar-refractivity contribution in [2.75, 3.05) is 25.0 Å². The van der Waals surface area contributed by atoms with E-state index in [1.165, 1.54) is 18.4 Å². The molecule has 1 saturated heterocycles. The Morgan fingerprint density at radius 3 is 2.74 bits per heavy atom. The van der Waals surface area contributed by atoms with E-state index in [1.54, 1.807) is 0 Å². The second-order valence-corrected chi connectivity index (χ2v) is 6.27. The van der Waals surface area contributed by atoms with Crippen molar-refractivity contribution in [3.8, 4) is 11.4 Å². The van der Waals surface area contributed by atoms with Crippen LogP contribution < -0.4 is 10.6 Å². The molecule has 122 valence electrons. The first-order valence-electron chi connectivity index (χ1n) is 8.65. The molecule has 0 radical (unpaired) electrons. The molecule has 23 heavy (non-hydrogen) atoms. The van der Waals surface area contributed by atoms with E-state index in [9.17, 15) is 0 Å². The number of aromatic nitrogens is 2. The van der Waals surface area contributed by atoms with E-state index in [-0.39, 0.29) is 0 Å². The molecular weight excluding hydrogens is 284 g/mol. The molecular formula is C19H26N4. The quantitative estimate of drug-likeness (QED) is 0.888. The standard InChI is InChI=1S/C19H26N4/c1-3-17-14(2)22-18(16-9-5-4-6-10-16)23-19(17)21-13-15-8-7-11-20-12-15/h4-6,9-10,15,20H,3,7-8,11-13H2,1-2H3,(H,21,22,23). The smallest absolute Gasteiger partial charge is 0.161 e. The lowest BCUT2D eigenvalue weighted by Gasteiger charge is -2.24. The number of hydrogen-bond acceptors (Lipinski definition) is 4. The number of nitrogens with zero attached hydrogens (tertiary/aromatic N) is 2. The van der Waals surface area contributed by atoms with Crippen molar-refractivity contribution >= 4 is 5.82 Å². The molecule has 0 saturated carbocycles. The van der Waals surface area contributed by atoms with Crippen molar-refractivity contribution in [3.63, 3.8) is 0 Å². The van der Waals surface area contributed by atoms with Gasteiger partial charge in [0, 0.05) is 23.4 Å². The van der Waals surface area contributed by atoms with E-state index in [0.29, 0.717) is 5.92 Å². The van der Waals surface area contributed by atoms with Gasteiger partial charge in [0.25, 0.3) is 0 Å². The van der Waals surface area contributed by atoms with Crippen LogP contribution >= 0.6 is 0 Å². The van der Waals surface area contributed by atoms with Crippen molar-refractivity contribution in [2.24, 2.45) is 5.92 Å². The summed E-state index contributed by atoms with van der Waals surface area (Å²) in [5.74, 6) is 2.50. The van der Waals surface area contributed by atoms with Gasteiger partial charge in [-0.1, -0.05) is 37.3 Å². The third-order valence-electron chi connectivity index (χ3n) is 4.56. The summed E-state index contributed by atoms with van der Waals surface area (Å²) in [6, 6.07) is 10.2. The van der Waals surface area contributed by atoms with Crippen LogP contribution in [-0.4, -0.2) is 29.6 Å². The minimum Gasteiger partial charge on any atom is -0.369 e. The molecule has 4 nitrogen and oxygen atoms in total. The zero-order chi connectivity index (χ0) is 16.1. The molecule has 4 heteroatoms. The summed E-state index contributed by atoms with van der Waals surface area (Å²) in [4.78, 5) is 9.52. The maximum Gasteiger partial charge on any atom is 0.161 e. The summed E-state index contributed by atoms with van der Waals surface area (Å²) in [6.45, 7) is 7.48. The van der Waals surface area contributed by atoms with Crippen LogP contribution in [0.1, 0.15) is 31.0 Å². The summed E-state index contributed by atoms with van der Waals surface area (Å²) >= 11 is 0. The normalized spacial score (nSPS) is 17.9. The van der Waals surface area contributed by atoms with Gasteiger partial charge in [0.05, 0.1) is 0 Å². The first-order chi connectivity index (χ1) is 11.3. The molecule has 0 bridgehead atoms. The number of rotatable bonds is 5. The molecule has 3 rings (SSSR count). The molecule has 1 aliphatic heterocycles. The van der Waals surface area contributed by atoms with Gasteiger partial charge in [0.2, 0.25) is 0 Å². The van der Waals surface area contributed by atoms with Gasteiger partial charge in [0.15, 0.2) is 5.82 Å². The fourth-order valence-electron chi connectivity index (χ4n) is 3.22. The van der Waals surface area contributed by atoms with Gasteiger partial charge in [-0.3, -0.25) is 0 Å². The first-order valence-corrected chi connectivity index (χ1v) is 8.65. The van der Waals surface area contributed by atoms with E-state index in [2.05, 4.69) is 36.6 Å². The third kappa shape index (κ3) is 3.88. The lowest BCUT2D eigenvalue weighted by atomic mass is 9.99. The predicted molar refractivity (Wildman–Crippen MR) is 95.7 cm³/mol. The van der Waals surface area contributed by atoms with Gasteiger partial charge < -0.3 is 10.6 Å². The minimum absolute atomic E-state index is 0.684. The molecule has 0 spiro atoms. The van der Waals surface area contributed by atoms with Crippen LogP contribution in [0, 0.1) is 12.8 Å². The van der Waals surface area contributed by atoms with Crippen molar-refractivity contribution in [3.05, 3.63) is 41.6 Å². The van der Waals surface area contributed by atoms with E-state index < -0.39 is 0 Å². The van der Waals surface area contributed by atoms with Crippen molar-refractivity contribution in [2.45, 2.75) is 33.1 Å². The van der Waals surface area contributed by atoms with Crippen LogP contribution in [0.25, 0.3) is 11.4 Å². The van der Waals surface area contributed by atoms with Gasteiger partial charge in [0.1, 0.15) is 5.82 Å². The Morgan fingerprint density at radius 1 is 1.22 bits per heavy atom. The second-order valence-electron chi connectivity index (χ2n) is 6.27. The van der Waals surface area contributed by atoms with Crippen molar-refractivity contribution < 1.29 is 0 Å². The molecule has 2 aromatic rings. The monoisotopic (exact) mass is 310 g/mol. The van der Waals surface area contributed by atoms with Crippen LogP contribution in [-0.2, 0) is 6.42 Å². The Hall–Kier alpha value is -1.94. The highest BCUT2D eigenvalue weighted by Gasteiger charge is 2.15. The average Bonchev–Trinajstić information content (AvgIpc) is 2.61. The Labute approximate surface area is 138 Å². The Kier molecular flexibility index (Phi) is 5.23. The average molecular weight is 310 g/mol. The maximum atomic E-state index is 4.82. The summed E-state index contributed by atoms with van der Waals surface area (Å²) in [5, 5.41) is 7.07. The number of aryl methyl sites for hydroxylation is 1. The number of piperidine rings is 1. The molecule has 1 aliphatic rings. The molecule has 1 unspecified atom stereocenters.